The first-order chi connectivity index (χ1) is 8.28. The van der Waals surface area contributed by atoms with E-state index in [9.17, 15) is 4.79 Å². The molecule has 0 aliphatic rings. The quantitative estimate of drug-likeness (QED) is 0.758. The van der Waals surface area contributed by atoms with Crippen molar-refractivity contribution >= 4 is 22.3 Å². The average Bonchev–Trinajstić information content (AvgIpc) is 2.23. The van der Waals surface area contributed by atoms with Gasteiger partial charge in [0.25, 0.3) is 5.56 Å². The van der Waals surface area contributed by atoms with E-state index >= 15 is 0 Å². The van der Waals surface area contributed by atoms with Gasteiger partial charge >= 0.3 is 0 Å². The van der Waals surface area contributed by atoms with Gasteiger partial charge < -0.3 is 15.6 Å². The molecule has 0 saturated carbocycles. The van der Waals surface area contributed by atoms with Crippen LogP contribution >= 0.6 is 0 Å². The van der Waals surface area contributed by atoms with Gasteiger partial charge in [0.05, 0.1) is 5.52 Å². The number of pyridine rings is 1. The van der Waals surface area contributed by atoms with Gasteiger partial charge in [-0.1, -0.05) is 0 Å². The van der Waals surface area contributed by atoms with Crippen LogP contribution in [0.15, 0.2) is 29.1 Å². The highest BCUT2D eigenvalue weighted by atomic mass is 16.1. The third-order valence-corrected chi connectivity index (χ3v) is 2.78. The number of hydrogen-bond acceptors (Lipinski definition) is 3. The zero-order chi connectivity index (χ0) is 13.5. The number of benzene rings is 1. The fourth-order valence-electron chi connectivity index (χ4n) is 1.99. The van der Waals surface area contributed by atoms with Crippen molar-refractivity contribution in [3.8, 4) is 0 Å². The molecule has 0 fully saturated rings. The highest BCUT2D eigenvalue weighted by molar-refractivity contribution is 5.93. The molecule has 0 amide bonds. The lowest BCUT2D eigenvalue weighted by atomic mass is 10.1. The molecular weight excluding hydrogens is 226 g/mol. The molecule has 0 radical (unpaired) electrons. The van der Waals surface area contributed by atoms with Crippen molar-refractivity contribution in [1.29, 1.82) is 0 Å². The number of aromatic nitrogens is 1. The molecule has 0 aliphatic heterocycles. The van der Waals surface area contributed by atoms with Crippen molar-refractivity contribution in [1.82, 2.24) is 4.57 Å². The Morgan fingerprint density at radius 1 is 1.22 bits per heavy atom. The molecule has 4 nitrogen and oxygen atoms in total. The molecule has 96 valence electrons. The van der Waals surface area contributed by atoms with Crippen molar-refractivity contribution in [3.63, 3.8) is 0 Å². The minimum atomic E-state index is -0.107. The first-order valence-electron chi connectivity index (χ1n) is 5.95. The number of aryl methyl sites for hydroxylation is 1. The van der Waals surface area contributed by atoms with E-state index in [0.29, 0.717) is 5.69 Å². The Bertz CT molecular complexity index is 650. The van der Waals surface area contributed by atoms with Crippen LogP contribution < -0.4 is 16.6 Å². The van der Waals surface area contributed by atoms with E-state index < -0.39 is 0 Å². The zero-order valence-corrected chi connectivity index (χ0v) is 11.2. The number of fused-ring (bicyclic) bond motifs is 1. The third-order valence-electron chi connectivity index (χ3n) is 2.78. The fraction of sp³-hybridized carbons (Fsp3) is 0.357. The van der Waals surface area contributed by atoms with Crippen LogP contribution in [0.4, 0.5) is 11.4 Å². The molecule has 0 unspecified atom stereocenters. The summed E-state index contributed by atoms with van der Waals surface area (Å²) in [5.74, 6) is 0. The van der Waals surface area contributed by atoms with Gasteiger partial charge in [0.2, 0.25) is 0 Å². The summed E-state index contributed by atoms with van der Waals surface area (Å²) in [6.45, 7) is 6.17. The monoisotopic (exact) mass is 245 g/mol. The van der Waals surface area contributed by atoms with Crippen LogP contribution in [-0.4, -0.2) is 10.1 Å². The van der Waals surface area contributed by atoms with Crippen LogP contribution in [0.25, 0.3) is 10.9 Å². The predicted octanol–water partition coefficient (Wildman–Crippen LogP) is 2.33. The van der Waals surface area contributed by atoms with Crippen LogP contribution in [0, 0.1) is 0 Å². The van der Waals surface area contributed by atoms with E-state index in [1.807, 2.05) is 18.2 Å². The van der Waals surface area contributed by atoms with Crippen molar-refractivity contribution in [2.24, 2.45) is 7.05 Å². The number of rotatable bonds is 1. The molecule has 1 heterocycles. The minimum absolute atomic E-state index is 0.0287. The van der Waals surface area contributed by atoms with E-state index in [-0.39, 0.29) is 11.1 Å². The Kier molecular flexibility index (Phi) is 2.81. The summed E-state index contributed by atoms with van der Waals surface area (Å²) in [4.78, 5) is 11.9. The number of nitrogens with two attached hydrogens (primary N) is 1. The predicted molar refractivity (Wildman–Crippen MR) is 77.0 cm³/mol. The Balaban J connectivity index is 2.76. The SMILES string of the molecule is Cn1c(=O)cc(NC(C)(C)C)c2cc(N)ccc21. The molecule has 2 rings (SSSR count). The summed E-state index contributed by atoms with van der Waals surface area (Å²) in [5, 5.41) is 4.32. The van der Waals surface area contributed by atoms with Gasteiger partial charge in [-0.2, -0.15) is 0 Å². The molecule has 2 aromatic rings. The van der Waals surface area contributed by atoms with Crippen LogP contribution in [0.3, 0.4) is 0 Å². The summed E-state index contributed by atoms with van der Waals surface area (Å²) in [6, 6.07) is 7.19. The van der Waals surface area contributed by atoms with Gasteiger partial charge in [-0.3, -0.25) is 4.79 Å². The summed E-state index contributed by atoms with van der Waals surface area (Å²) in [5.41, 5.74) is 8.09. The van der Waals surface area contributed by atoms with Gasteiger partial charge in [0.15, 0.2) is 0 Å². The van der Waals surface area contributed by atoms with E-state index in [2.05, 4.69) is 26.1 Å². The topological polar surface area (TPSA) is 60.0 Å². The zero-order valence-electron chi connectivity index (χ0n) is 11.2. The van der Waals surface area contributed by atoms with Crippen molar-refractivity contribution < 1.29 is 0 Å². The maximum Gasteiger partial charge on any atom is 0.252 e. The Hall–Kier alpha value is -1.97. The first-order valence-corrected chi connectivity index (χ1v) is 5.95. The summed E-state index contributed by atoms with van der Waals surface area (Å²) >= 11 is 0. The maximum atomic E-state index is 11.9. The number of nitrogens with zero attached hydrogens (tertiary/aromatic N) is 1. The highest BCUT2D eigenvalue weighted by Crippen LogP contribution is 2.25. The molecule has 4 heteroatoms. The van der Waals surface area contributed by atoms with Crippen LogP contribution in [0.5, 0.6) is 0 Å². The highest BCUT2D eigenvalue weighted by Gasteiger charge is 2.13. The summed E-state index contributed by atoms with van der Waals surface area (Å²) in [6.07, 6.45) is 0. The number of anilines is 2. The Morgan fingerprint density at radius 2 is 1.89 bits per heavy atom. The smallest absolute Gasteiger partial charge is 0.252 e. The fourth-order valence-corrected chi connectivity index (χ4v) is 1.99. The molecule has 18 heavy (non-hydrogen) atoms. The largest absolute Gasteiger partial charge is 0.399 e. The molecule has 3 N–H and O–H groups in total. The second-order valence-electron chi connectivity index (χ2n) is 5.61. The lowest BCUT2D eigenvalue weighted by molar-refractivity contribution is 0.634. The molecule has 1 aromatic carbocycles. The molecule has 0 aliphatic carbocycles. The van der Waals surface area contributed by atoms with E-state index in [1.54, 1.807) is 17.7 Å². The van der Waals surface area contributed by atoms with Gasteiger partial charge in [0.1, 0.15) is 0 Å². The van der Waals surface area contributed by atoms with Crippen molar-refractivity contribution in [3.05, 3.63) is 34.6 Å². The van der Waals surface area contributed by atoms with Gasteiger partial charge in [-0.15, -0.1) is 0 Å². The third kappa shape index (κ3) is 2.32. The number of nitrogen functional groups attached to an aromatic ring is 1. The first kappa shape index (κ1) is 12.5. The molecule has 0 spiro atoms. The van der Waals surface area contributed by atoms with Gasteiger partial charge in [-0.25, -0.2) is 0 Å². The molecule has 0 atom stereocenters. The van der Waals surface area contributed by atoms with Gasteiger partial charge in [-0.05, 0) is 39.0 Å². The average molecular weight is 245 g/mol. The van der Waals surface area contributed by atoms with Crippen molar-refractivity contribution in [2.75, 3.05) is 11.1 Å². The Labute approximate surface area is 106 Å². The van der Waals surface area contributed by atoms with Crippen LogP contribution in [0.2, 0.25) is 0 Å². The second-order valence-corrected chi connectivity index (χ2v) is 5.61. The van der Waals surface area contributed by atoms with Crippen LogP contribution in [-0.2, 0) is 7.05 Å². The Morgan fingerprint density at radius 3 is 2.50 bits per heavy atom. The molecule has 1 aromatic heterocycles. The summed E-state index contributed by atoms with van der Waals surface area (Å²) in [7, 11) is 1.77. The molecular formula is C14H19N3O. The lowest BCUT2D eigenvalue weighted by Gasteiger charge is -2.23. The van der Waals surface area contributed by atoms with Gasteiger partial charge in [0, 0.05) is 35.4 Å². The number of hydrogen-bond donors (Lipinski definition) is 2. The normalized spacial score (nSPS) is 11.8. The van der Waals surface area contributed by atoms with Crippen molar-refractivity contribution in [2.45, 2.75) is 26.3 Å². The van der Waals surface area contributed by atoms with E-state index in [4.69, 9.17) is 5.73 Å². The lowest BCUT2D eigenvalue weighted by Crippen LogP contribution is -2.28. The minimum Gasteiger partial charge on any atom is -0.399 e. The maximum absolute atomic E-state index is 11.9. The van der Waals surface area contributed by atoms with Crippen LogP contribution in [0.1, 0.15) is 20.8 Å². The standard InChI is InChI=1S/C14H19N3O/c1-14(2,3)16-11-8-13(18)17(4)12-6-5-9(15)7-10(11)12/h5-8,16H,15H2,1-4H3. The van der Waals surface area contributed by atoms with E-state index in [0.717, 1.165) is 16.6 Å². The number of nitrogens with one attached hydrogen (secondary N) is 1. The van der Waals surface area contributed by atoms with E-state index in [1.165, 1.54) is 0 Å². The molecule has 0 saturated heterocycles. The second kappa shape index (κ2) is 4.05. The molecule has 0 bridgehead atoms. The summed E-state index contributed by atoms with van der Waals surface area (Å²) < 4.78 is 1.63.